The summed E-state index contributed by atoms with van der Waals surface area (Å²) in [5, 5.41) is 0. The Bertz CT molecular complexity index is 1140. The van der Waals surface area contributed by atoms with E-state index in [-0.39, 0.29) is 0 Å². The smallest absolute Gasteiger partial charge is 0.138 e. The van der Waals surface area contributed by atoms with Gasteiger partial charge >= 0.3 is 0 Å². The van der Waals surface area contributed by atoms with Gasteiger partial charge in [-0.3, -0.25) is 0 Å². The molecule has 0 unspecified atom stereocenters. The number of hydrogen-bond acceptors (Lipinski definition) is 2. The van der Waals surface area contributed by atoms with E-state index in [9.17, 15) is 0 Å². The van der Waals surface area contributed by atoms with Gasteiger partial charge in [0.1, 0.15) is 11.6 Å². The summed E-state index contributed by atoms with van der Waals surface area (Å²) >= 11 is 0. The fourth-order valence-corrected chi connectivity index (χ4v) is 3.18. The summed E-state index contributed by atoms with van der Waals surface area (Å²) in [7, 11) is 0. The number of aromatic amines is 2. The van der Waals surface area contributed by atoms with E-state index in [2.05, 4.69) is 56.3 Å². The molecular weight excluding hydrogens is 308 g/mol. The lowest BCUT2D eigenvalue weighted by molar-refractivity contribution is 1.04. The van der Waals surface area contributed by atoms with Crippen molar-refractivity contribution in [1.82, 2.24) is 19.9 Å². The summed E-state index contributed by atoms with van der Waals surface area (Å²) in [5.41, 5.74) is 6.41. The quantitative estimate of drug-likeness (QED) is 0.505. The van der Waals surface area contributed by atoms with E-state index in [0.29, 0.717) is 0 Å². The van der Waals surface area contributed by atoms with Gasteiger partial charge in [0.15, 0.2) is 0 Å². The number of nitrogens with one attached hydrogen (secondary N) is 2. The maximum atomic E-state index is 4.69. The Morgan fingerprint density at radius 1 is 0.680 bits per heavy atom. The third-order valence-corrected chi connectivity index (χ3v) is 4.40. The normalized spacial score (nSPS) is 11.4. The number of fused-ring (bicyclic) bond motifs is 2. The van der Waals surface area contributed by atoms with Crippen molar-refractivity contribution < 1.29 is 0 Å². The van der Waals surface area contributed by atoms with Crippen molar-refractivity contribution in [3.8, 4) is 11.4 Å². The van der Waals surface area contributed by atoms with E-state index in [1.165, 1.54) is 5.56 Å². The molecule has 0 saturated carbocycles. The topological polar surface area (TPSA) is 57.4 Å². The molecule has 0 saturated heterocycles. The Hall–Kier alpha value is -3.40. The number of H-pyrrole nitrogens is 2. The monoisotopic (exact) mass is 324 g/mol. The van der Waals surface area contributed by atoms with Gasteiger partial charge in [-0.15, -0.1) is 0 Å². The van der Waals surface area contributed by atoms with Gasteiger partial charge in [-0.2, -0.15) is 0 Å². The zero-order chi connectivity index (χ0) is 16.6. The highest BCUT2D eigenvalue weighted by atomic mass is 14.9. The number of imidazole rings is 2. The van der Waals surface area contributed by atoms with Crippen LogP contribution in [0, 0.1) is 0 Å². The first-order valence-electron chi connectivity index (χ1n) is 8.33. The molecule has 0 aliphatic heterocycles. The summed E-state index contributed by atoms with van der Waals surface area (Å²) < 4.78 is 0. The lowest BCUT2D eigenvalue weighted by Crippen LogP contribution is -1.90. The van der Waals surface area contributed by atoms with E-state index in [0.717, 1.165) is 45.7 Å². The Morgan fingerprint density at radius 3 is 2.36 bits per heavy atom. The molecule has 4 heteroatoms. The van der Waals surface area contributed by atoms with Crippen molar-refractivity contribution in [2.75, 3.05) is 0 Å². The van der Waals surface area contributed by atoms with Gasteiger partial charge in [0.25, 0.3) is 0 Å². The number of rotatable bonds is 3. The highest BCUT2D eigenvalue weighted by Crippen LogP contribution is 2.22. The van der Waals surface area contributed by atoms with Crippen molar-refractivity contribution in [1.29, 1.82) is 0 Å². The van der Waals surface area contributed by atoms with Crippen LogP contribution in [0.1, 0.15) is 11.4 Å². The molecule has 2 aromatic heterocycles. The highest BCUT2D eigenvalue weighted by Gasteiger charge is 2.08. The van der Waals surface area contributed by atoms with Crippen LogP contribution >= 0.6 is 0 Å². The summed E-state index contributed by atoms with van der Waals surface area (Å²) in [4.78, 5) is 16.2. The molecule has 4 nitrogen and oxygen atoms in total. The number of nitrogens with zero attached hydrogens (tertiary/aromatic N) is 2. The van der Waals surface area contributed by atoms with E-state index in [1.807, 2.05) is 36.4 Å². The third-order valence-electron chi connectivity index (χ3n) is 4.40. The van der Waals surface area contributed by atoms with Crippen LogP contribution in [0.3, 0.4) is 0 Å². The molecule has 120 valence electrons. The molecule has 0 bridgehead atoms. The first kappa shape index (κ1) is 14.0. The standard InChI is InChI=1S/C21H16N4/c1-2-6-15(7-3-1)21-24-18-11-10-14(12-19(18)25-21)13-20-22-16-8-4-5-9-17(16)23-20/h1-12H,13H2,(H,22,23)(H,24,25). The first-order valence-corrected chi connectivity index (χ1v) is 8.33. The van der Waals surface area contributed by atoms with Crippen molar-refractivity contribution in [2.24, 2.45) is 0 Å². The SMILES string of the molecule is c1ccc(-c2nc3ccc(Cc4nc5ccccc5[nH]4)cc3[nH]2)cc1. The molecular formula is C21H16N4. The molecule has 0 spiro atoms. The predicted octanol–water partition coefficient (Wildman–Crippen LogP) is 4.70. The third kappa shape index (κ3) is 2.58. The molecule has 0 radical (unpaired) electrons. The van der Waals surface area contributed by atoms with Gasteiger partial charge in [0, 0.05) is 12.0 Å². The predicted molar refractivity (Wildman–Crippen MR) is 100 cm³/mol. The van der Waals surface area contributed by atoms with Crippen LogP contribution in [-0.4, -0.2) is 19.9 Å². The van der Waals surface area contributed by atoms with E-state index in [1.54, 1.807) is 0 Å². The van der Waals surface area contributed by atoms with Crippen LogP contribution in [0.2, 0.25) is 0 Å². The van der Waals surface area contributed by atoms with Crippen molar-refractivity contribution in [3.05, 3.63) is 84.2 Å². The molecule has 25 heavy (non-hydrogen) atoms. The van der Waals surface area contributed by atoms with E-state index >= 15 is 0 Å². The van der Waals surface area contributed by atoms with E-state index in [4.69, 9.17) is 0 Å². The van der Waals surface area contributed by atoms with Crippen molar-refractivity contribution in [2.45, 2.75) is 6.42 Å². The molecule has 5 rings (SSSR count). The highest BCUT2D eigenvalue weighted by molar-refractivity contribution is 5.80. The number of hydrogen-bond donors (Lipinski definition) is 2. The maximum Gasteiger partial charge on any atom is 0.138 e. The molecule has 5 aromatic rings. The maximum absolute atomic E-state index is 4.69. The largest absolute Gasteiger partial charge is 0.342 e. The summed E-state index contributed by atoms with van der Waals surface area (Å²) in [6, 6.07) is 24.6. The van der Waals surface area contributed by atoms with Crippen LogP contribution in [0.5, 0.6) is 0 Å². The Morgan fingerprint density at radius 2 is 1.48 bits per heavy atom. The Kier molecular flexibility index (Phi) is 3.13. The Labute approximate surface area is 144 Å². The fourth-order valence-electron chi connectivity index (χ4n) is 3.18. The van der Waals surface area contributed by atoms with Crippen LogP contribution in [0.15, 0.2) is 72.8 Å². The second-order valence-corrected chi connectivity index (χ2v) is 6.18. The van der Waals surface area contributed by atoms with Crippen LogP contribution in [0.25, 0.3) is 33.5 Å². The molecule has 0 aliphatic carbocycles. The lowest BCUT2D eigenvalue weighted by atomic mass is 10.1. The second-order valence-electron chi connectivity index (χ2n) is 6.18. The van der Waals surface area contributed by atoms with Crippen LogP contribution < -0.4 is 0 Å². The van der Waals surface area contributed by atoms with Crippen molar-refractivity contribution in [3.63, 3.8) is 0 Å². The minimum absolute atomic E-state index is 0.768. The lowest BCUT2D eigenvalue weighted by Gasteiger charge is -1.98. The fraction of sp³-hybridized carbons (Fsp3) is 0.0476. The van der Waals surface area contributed by atoms with Gasteiger partial charge in [0.2, 0.25) is 0 Å². The van der Waals surface area contributed by atoms with Gasteiger partial charge in [-0.25, -0.2) is 9.97 Å². The Balaban J connectivity index is 1.49. The number of benzene rings is 3. The summed E-state index contributed by atoms with van der Waals surface area (Å²) in [5.74, 6) is 1.87. The summed E-state index contributed by atoms with van der Waals surface area (Å²) in [6.07, 6.45) is 0.768. The zero-order valence-electron chi connectivity index (χ0n) is 13.5. The minimum atomic E-state index is 0.768. The van der Waals surface area contributed by atoms with Gasteiger partial charge in [0.05, 0.1) is 22.1 Å². The molecule has 2 N–H and O–H groups in total. The van der Waals surface area contributed by atoms with Gasteiger partial charge in [-0.05, 0) is 29.8 Å². The molecule has 3 aromatic carbocycles. The minimum Gasteiger partial charge on any atom is -0.342 e. The molecule has 0 aliphatic rings. The molecule has 0 amide bonds. The van der Waals surface area contributed by atoms with E-state index < -0.39 is 0 Å². The number of aromatic nitrogens is 4. The molecule has 2 heterocycles. The first-order chi connectivity index (χ1) is 12.3. The van der Waals surface area contributed by atoms with Gasteiger partial charge < -0.3 is 9.97 Å². The van der Waals surface area contributed by atoms with Gasteiger partial charge in [-0.1, -0.05) is 48.5 Å². The average Bonchev–Trinajstić information content (AvgIpc) is 3.25. The zero-order valence-corrected chi connectivity index (χ0v) is 13.5. The number of para-hydroxylation sites is 2. The van der Waals surface area contributed by atoms with Crippen LogP contribution in [0.4, 0.5) is 0 Å². The molecule has 0 atom stereocenters. The second kappa shape index (κ2) is 5.60. The summed E-state index contributed by atoms with van der Waals surface area (Å²) in [6.45, 7) is 0. The molecule has 0 fully saturated rings. The van der Waals surface area contributed by atoms with Crippen LogP contribution in [-0.2, 0) is 6.42 Å². The van der Waals surface area contributed by atoms with Crippen molar-refractivity contribution >= 4 is 22.1 Å². The average molecular weight is 324 g/mol.